The highest BCUT2D eigenvalue weighted by Crippen LogP contribution is 2.53. The number of hydrogen-bond acceptors (Lipinski definition) is 2. The quantitative estimate of drug-likeness (QED) is 0.156. The summed E-state index contributed by atoms with van der Waals surface area (Å²) < 4.78 is 7.21. The van der Waals surface area contributed by atoms with Crippen LogP contribution < -0.4 is 9.64 Å². The van der Waals surface area contributed by atoms with E-state index in [-0.39, 0.29) is 0 Å². The van der Waals surface area contributed by atoms with Crippen molar-refractivity contribution in [3.8, 4) is 67.1 Å². The number of fused-ring (bicyclic) bond motifs is 10. The first kappa shape index (κ1) is 35.7. The molecule has 62 heavy (non-hydrogen) atoms. The van der Waals surface area contributed by atoms with Crippen LogP contribution >= 0.6 is 0 Å². The van der Waals surface area contributed by atoms with Gasteiger partial charge in [-0.1, -0.05) is 188 Å². The van der Waals surface area contributed by atoms with Crippen LogP contribution in [0.2, 0.25) is 0 Å². The Kier molecular flexibility index (Phi) is 8.53. The molecule has 290 valence electrons. The molecule has 1 aliphatic heterocycles. The highest BCUT2D eigenvalue weighted by molar-refractivity contribution is 6.14. The van der Waals surface area contributed by atoms with Crippen molar-refractivity contribution in [3.63, 3.8) is 0 Å². The predicted molar refractivity (Wildman–Crippen MR) is 261 cm³/mol. The van der Waals surface area contributed by atoms with Gasteiger partial charge in [-0.3, -0.25) is 0 Å². The van der Waals surface area contributed by atoms with Gasteiger partial charge in [0.15, 0.2) is 0 Å². The second kappa shape index (κ2) is 14.8. The largest absolute Gasteiger partial charge is 0.455 e. The summed E-state index contributed by atoms with van der Waals surface area (Å²) in [6.45, 7) is 0. The van der Waals surface area contributed by atoms with E-state index in [0.717, 1.165) is 72.7 Å². The Hall–Kier alpha value is -8.20. The van der Waals surface area contributed by atoms with E-state index >= 15 is 0 Å². The molecular weight excluding hydrogens is 751 g/mol. The van der Waals surface area contributed by atoms with Crippen LogP contribution in [0.3, 0.4) is 0 Å². The minimum Gasteiger partial charge on any atom is -0.455 e. The minimum atomic E-state index is 0.868. The summed E-state index contributed by atoms with van der Waals surface area (Å²) in [5.74, 6) is 1.74. The van der Waals surface area contributed by atoms with E-state index in [9.17, 15) is 0 Å². The van der Waals surface area contributed by atoms with E-state index in [2.05, 4.69) is 241 Å². The molecule has 0 aromatic heterocycles. The zero-order valence-electron chi connectivity index (χ0n) is 33.9. The Labute approximate surface area is 361 Å². The third kappa shape index (κ3) is 6.04. The summed E-state index contributed by atoms with van der Waals surface area (Å²) in [6.07, 6.45) is 0. The smallest absolute Gasteiger partial charge is 0.143 e. The van der Waals surface area contributed by atoms with Gasteiger partial charge in [0.1, 0.15) is 11.5 Å². The van der Waals surface area contributed by atoms with E-state index in [4.69, 9.17) is 4.74 Å². The Bertz CT molecular complexity index is 3460. The molecule has 12 rings (SSSR count). The van der Waals surface area contributed by atoms with Gasteiger partial charge in [-0.25, -0.2) is 0 Å². The Morgan fingerprint density at radius 2 is 0.758 bits per heavy atom. The SMILES string of the molecule is c1ccc(-c2ccc(N(c3ccc(-c4cc5ccccc5c5ccccc45)cc3)c3ccc4c(c3)-c3ccc5ccccc5c3Oc3c(-c5ccccc5)cccc3-4)cc2)cc1. The number of anilines is 3. The Morgan fingerprint density at radius 3 is 1.50 bits per heavy atom. The molecule has 0 saturated heterocycles. The van der Waals surface area contributed by atoms with Gasteiger partial charge in [0.25, 0.3) is 0 Å². The predicted octanol–water partition coefficient (Wildman–Crippen LogP) is 17.1. The molecule has 2 heteroatoms. The number of nitrogens with zero attached hydrogens (tertiary/aromatic N) is 1. The first-order chi connectivity index (χ1) is 30.7. The van der Waals surface area contributed by atoms with Gasteiger partial charge >= 0.3 is 0 Å². The lowest BCUT2D eigenvalue weighted by atomic mass is 9.91. The van der Waals surface area contributed by atoms with Crippen molar-refractivity contribution in [2.45, 2.75) is 0 Å². The topological polar surface area (TPSA) is 12.5 Å². The average Bonchev–Trinajstić information content (AvgIpc) is 3.49. The van der Waals surface area contributed by atoms with Gasteiger partial charge in [-0.2, -0.15) is 0 Å². The van der Waals surface area contributed by atoms with Crippen molar-refractivity contribution in [1.82, 2.24) is 0 Å². The van der Waals surface area contributed by atoms with Gasteiger partial charge in [-0.05, 0) is 114 Å². The van der Waals surface area contributed by atoms with E-state index in [0.29, 0.717) is 0 Å². The van der Waals surface area contributed by atoms with Crippen molar-refractivity contribution in [2.75, 3.05) is 4.90 Å². The number of hydrogen-bond donors (Lipinski definition) is 0. The fraction of sp³-hybridized carbons (Fsp3) is 0. The molecule has 1 aliphatic rings. The van der Waals surface area contributed by atoms with Crippen molar-refractivity contribution in [2.24, 2.45) is 0 Å². The molecular formula is C60H39NO. The van der Waals surface area contributed by atoms with Crippen LogP contribution in [0.25, 0.3) is 88.0 Å². The average molecular weight is 790 g/mol. The van der Waals surface area contributed by atoms with Crippen LogP contribution in [0.5, 0.6) is 11.5 Å². The first-order valence-corrected chi connectivity index (χ1v) is 21.2. The Morgan fingerprint density at radius 1 is 0.242 bits per heavy atom. The summed E-state index contributed by atoms with van der Waals surface area (Å²) in [4.78, 5) is 2.38. The molecule has 0 fully saturated rings. The highest BCUT2D eigenvalue weighted by Gasteiger charge is 2.26. The molecule has 0 N–H and O–H groups in total. The fourth-order valence-electron chi connectivity index (χ4n) is 9.46. The van der Waals surface area contributed by atoms with Crippen molar-refractivity contribution in [1.29, 1.82) is 0 Å². The fourth-order valence-corrected chi connectivity index (χ4v) is 9.46. The van der Waals surface area contributed by atoms with Crippen LogP contribution in [-0.2, 0) is 0 Å². The van der Waals surface area contributed by atoms with Crippen LogP contribution in [0.1, 0.15) is 0 Å². The van der Waals surface area contributed by atoms with Crippen molar-refractivity contribution >= 4 is 49.4 Å². The maximum Gasteiger partial charge on any atom is 0.143 e. The van der Waals surface area contributed by atoms with E-state index < -0.39 is 0 Å². The molecule has 1 heterocycles. The molecule has 2 nitrogen and oxygen atoms in total. The second-order valence-corrected chi connectivity index (χ2v) is 16.0. The van der Waals surface area contributed by atoms with E-state index in [1.807, 2.05) is 0 Å². The van der Waals surface area contributed by atoms with Crippen LogP contribution in [-0.4, -0.2) is 0 Å². The molecule has 0 unspecified atom stereocenters. The lowest BCUT2D eigenvalue weighted by Gasteiger charge is -2.27. The third-order valence-electron chi connectivity index (χ3n) is 12.5. The lowest BCUT2D eigenvalue weighted by molar-refractivity contribution is 0.495. The number of rotatable bonds is 6. The summed E-state index contributed by atoms with van der Waals surface area (Å²) >= 11 is 0. The third-order valence-corrected chi connectivity index (χ3v) is 12.5. The van der Waals surface area contributed by atoms with Crippen LogP contribution in [0, 0.1) is 0 Å². The molecule has 11 aromatic carbocycles. The minimum absolute atomic E-state index is 0.868. The normalized spacial score (nSPS) is 11.7. The van der Waals surface area contributed by atoms with Crippen LogP contribution in [0.4, 0.5) is 17.1 Å². The number of para-hydroxylation sites is 1. The summed E-state index contributed by atoms with van der Waals surface area (Å²) in [5.41, 5.74) is 14.6. The van der Waals surface area contributed by atoms with Gasteiger partial charge in [0.2, 0.25) is 0 Å². The summed E-state index contributed by atoms with van der Waals surface area (Å²) in [6, 6.07) is 85.3. The zero-order valence-corrected chi connectivity index (χ0v) is 33.9. The van der Waals surface area contributed by atoms with Gasteiger partial charge in [0.05, 0.1) is 0 Å². The number of ether oxygens (including phenoxy) is 1. The molecule has 0 aliphatic carbocycles. The summed E-state index contributed by atoms with van der Waals surface area (Å²) in [7, 11) is 0. The van der Waals surface area contributed by atoms with Crippen LogP contribution in [0.15, 0.2) is 237 Å². The lowest BCUT2D eigenvalue weighted by Crippen LogP contribution is -2.10. The second-order valence-electron chi connectivity index (χ2n) is 16.0. The van der Waals surface area contributed by atoms with E-state index in [1.165, 1.54) is 43.8 Å². The van der Waals surface area contributed by atoms with Crippen molar-refractivity contribution < 1.29 is 4.74 Å². The maximum atomic E-state index is 7.21. The van der Waals surface area contributed by atoms with E-state index in [1.54, 1.807) is 0 Å². The van der Waals surface area contributed by atoms with Gasteiger partial charge in [0, 0.05) is 39.1 Å². The van der Waals surface area contributed by atoms with Gasteiger partial charge < -0.3 is 9.64 Å². The molecule has 0 spiro atoms. The van der Waals surface area contributed by atoms with Gasteiger partial charge in [-0.15, -0.1) is 0 Å². The zero-order chi connectivity index (χ0) is 41.0. The maximum absolute atomic E-state index is 7.21. The first-order valence-electron chi connectivity index (χ1n) is 21.2. The van der Waals surface area contributed by atoms with Crippen molar-refractivity contribution in [3.05, 3.63) is 237 Å². The molecule has 0 amide bonds. The highest BCUT2D eigenvalue weighted by atomic mass is 16.5. The summed E-state index contributed by atoms with van der Waals surface area (Å²) in [5, 5.41) is 7.26. The molecule has 0 radical (unpaired) electrons. The molecule has 0 bridgehead atoms. The monoisotopic (exact) mass is 789 g/mol. The molecule has 0 saturated carbocycles. The molecule has 0 atom stereocenters. The molecule has 11 aromatic rings. The standard InChI is InChI=1S/C60H39NO/c1-3-14-40(15-4-1)41-26-31-46(32-27-41)61(47-33-28-44(29-34-47)57-38-45-19-8-9-20-49(45)52-22-11-12-23-53(52)57)48-35-37-54-55-25-13-24-51(42-16-5-2-6-17-42)59(55)62-60-50-21-10-7-18-43(50)30-36-56(60)58(54)39-48/h1-39H. The number of benzene rings is 11. The Balaban J connectivity index is 1.05.